The molecule has 0 amide bonds. The van der Waals surface area contributed by atoms with Crippen LogP contribution in [0.15, 0.2) is 77.9 Å². The second kappa shape index (κ2) is 10.2. The van der Waals surface area contributed by atoms with E-state index in [4.69, 9.17) is 14.2 Å². The molecule has 1 heterocycles. The number of hydrogen-bond acceptors (Lipinski definition) is 8. The van der Waals surface area contributed by atoms with Crippen LogP contribution in [0.2, 0.25) is 0 Å². The Morgan fingerprint density at radius 1 is 0.727 bits per heavy atom. The molecule has 0 saturated heterocycles. The first-order valence-corrected chi connectivity index (χ1v) is 10.2. The number of benzene rings is 3. The lowest BCUT2D eigenvalue weighted by Crippen LogP contribution is -2.04. The van der Waals surface area contributed by atoms with E-state index in [0.29, 0.717) is 34.2 Å². The van der Waals surface area contributed by atoms with Gasteiger partial charge in [0.2, 0.25) is 0 Å². The van der Waals surface area contributed by atoms with Gasteiger partial charge >= 0.3 is 0 Å². The van der Waals surface area contributed by atoms with E-state index in [1.807, 2.05) is 60.7 Å². The molecule has 0 radical (unpaired) electrons. The summed E-state index contributed by atoms with van der Waals surface area (Å²) in [6, 6.07) is 23.2. The van der Waals surface area contributed by atoms with Crippen LogP contribution in [0.25, 0.3) is 22.5 Å². The van der Waals surface area contributed by atoms with Gasteiger partial charge in [-0.3, -0.25) is 0 Å². The Morgan fingerprint density at radius 3 is 1.85 bits per heavy atom. The highest BCUT2D eigenvalue weighted by Crippen LogP contribution is 2.33. The van der Waals surface area contributed by atoms with Gasteiger partial charge in [0.1, 0.15) is 28.6 Å². The van der Waals surface area contributed by atoms with Gasteiger partial charge in [-0.2, -0.15) is 5.10 Å². The number of nitrogens with one attached hydrogen (secondary N) is 1. The molecule has 0 unspecified atom stereocenters. The summed E-state index contributed by atoms with van der Waals surface area (Å²) in [7, 11) is 4.72. The quantitative estimate of drug-likeness (QED) is 0.314. The van der Waals surface area contributed by atoms with Crippen LogP contribution in [0.3, 0.4) is 0 Å². The number of ether oxygens (including phenoxy) is 3. The molecule has 0 aliphatic rings. The topological polar surface area (TPSA) is 90.8 Å². The van der Waals surface area contributed by atoms with Crippen molar-refractivity contribution in [1.29, 1.82) is 0 Å². The van der Waals surface area contributed by atoms with Gasteiger partial charge in [-0.1, -0.05) is 60.7 Å². The summed E-state index contributed by atoms with van der Waals surface area (Å²) < 4.78 is 16.2. The van der Waals surface area contributed by atoms with Crippen molar-refractivity contribution >= 4 is 12.2 Å². The number of hydrazone groups is 1. The SMILES string of the molecule is COc1cc(OC)c(/C=N\Nc2nnc(-c3ccccc3)c(-c3ccccc3)n2)c(OC)c1. The highest BCUT2D eigenvalue weighted by atomic mass is 16.5. The predicted octanol–water partition coefficient (Wildman–Crippen LogP) is 4.68. The van der Waals surface area contributed by atoms with Gasteiger partial charge in [0.15, 0.2) is 0 Å². The monoisotopic (exact) mass is 441 g/mol. The van der Waals surface area contributed by atoms with Crippen molar-refractivity contribution in [1.82, 2.24) is 15.2 Å². The largest absolute Gasteiger partial charge is 0.496 e. The zero-order valence-electron chi connectivity index (χ0n) is 18.5. The summed E-state index contributed by atoms with van der Waals surface area (Å²) in [6.07, 6.45) is 1.58. The molecule has 166 valence electrons. The molecular weight excluding hydrogens is 418 g/mol. The molecule has 8 nitrogen and oxygen atoms in total. The van der Waals surface area contributed by atoms with Crippen LogP contribution in [-0.4, -0.2) is 42.7 Å². The maximum Gasteiger partial charge on any atom is 0.263 e. The van der Waals surface area contributed by atoms with Crippen molar-refractivity contribution in [2.45, 2.75) is 0 Å². The number of anilines is 1. The summed E-state index contributed by atoms with van der Waals surface area (Å²) in [5.74, 6) is 1.99. The number of methoxy groups -OCH3 is 3. The van der Waals surface area contributed by atoms with Crippen molar-refractivity contribution in [3.05, 3.63) is 78.4 Å². The first kappa shape index (κ1) is 21.8. The zero-order valence-corrected chi connectivity index (χ0v) is 18.5. The van der Waals surface area contributed by atoms with Crippen LogP contribution in [0, 0.1) is 0 Å². The number of rotatable bonds is 8. The van der Waals surface area contributed by atoms with Crippen LogP contribution in [-0.2, 0) is 0 Å². The van der Waals surface area contributed by atoms with Gasteiger partial charge in [0, 0.05) is 23.3 Å². The molecule has 0 aliphatic heterocycles. The lowest BCUT2D eigenvalue weighted by Gasteiger charge is -2.12. The molecule has 8 heteroatoms. The lowest BCUT2D eigenvalue weighted by atomic mass is 10.0. The first-order valence-electron chi connectivity index (χ1n) is 10.2. The average molecular weight is 441 g/mol. The molecular formula is C25H23N5O3. The third-order valence-electron chi connectivity index (χ3n) is 4.89. The normalized spacial score (nSPS) is 10.8. The van der Waals surface area contributed by atoms with Crippen LogP contribution in [0.1, 0.15) is 5.56 Å². The summed E-state index contributed by atoms with van der Waals surface area (Å²) in [5, 5.41) is 12.9. The Labute approximate surface area is 191 Å². The van der Waals surface area contributed by atoms with E-state index in [1.54, 1.807) is 39.7 Å². The molecule has 33 heavy (non-hydrogen) atoms. The van der Waals surface area contributed by atoms with E-state index in [9.17, 15) is 0 Å². The Hall–Kier alpha value is -4.46. The highest BCUT2D eigenvalue weighted by Gasteiger charge is 2.14. The minimum Gasteiger partial charge on any atom is -0.496 e. The van der Waals surface area contributed by atoms with E-state index >= 15 is 0 Å². The Balaban J connectivity index is 1.67. The molecule has 0 atom stereocenters. The maximum atomic E-state index is 5.45. The summed E-state index contributed by atoms with van der Waals surface area (Å²) in [6.45, 7) is 0. The molecule has 1 N–H and O–H groups in total. The molecule has 1 aromatic heterocycles. The molecule has 0 saturated carbocycles. The fraction of sp³-hybridized carbons (Fsp3) is 0.120. The smallest absolute Gasteiger partial charge is 0.263 e. The van der Waals surface area contributed by atoms with Gasteiger partial charge in [-0.25, -0.2) is 10.4 Å². The van der Waals surface area contributed by atoms with E-state index in [-0.39, 0.29) is 5.95 Å². The Bertz CT molecular complexity index is 1220. The summed E-state index contributed by atoms with van der Waals surface area (Å²) in [4.78, 5) is 4.68. The van der Waals surface area contributed by atoms with Gasteiger partial charge in [-0.05, 0) is 0 Å². The van der Waals surface area contributed by atoms with E-state index < -0.39 is 0 Å². The van der Waals surface area contributed by atoms with E-state index in [2.05, 4.69) is 25.7 Å². The standard InChI is InChI=1S/C25H23N5O3/c1-31-19-14-21(32-2)20(22(15-19)33-3)16-26-29-25-27-23(17-10-6-4-7-11-17)24(28-30-25)18-12-8-5-9-13-18/h4-16H,1-3H3,(H,27,29,30)/b26-16-. The Kier molecular flexibility index (Phi) is 6.75. The van der Waals surface area contributed by atoms with Crippen molar-refractivity contribution in [2.75, 3.05) is 26.8 Å². The third kappa shape index (κ3) is 4.90. The molecule has 0 spiro atoms. The number of hydrogen-bond donors (Lipinski definition) is 1. The highest BCUT2D eigenvalue weighted by molar-refractivity contribution is 5.88. The fourth-order valence-electron chi connectivity index (χ4n) is 3.28. The molecule has 0 bridgehead atoms. The maximum absolute atomic E-state index is 5.45. The van der Waals surface area contributed by atoms with Crippen molar-refractivity contribution in [2.24, 2.45) is 5.10 Å². The zero-order chi connectivity index (χ0) is 23.0. The summed E-state index contributed by atoms with van der Waals surface area (Å²) >= 11 is 0. The minimum absolute atomic E-state index is 0.260. The minimum atomic E-state index is 0.260. The molecule has 0 aliphatic carbocycles. The molecule has 4 aromatic rings. The number of aromatic nitrogens is 3. The van der Waals surface area contributed by atoms with Crippen molar-refractivity contribution < 1.29 is 14.2 Å². The number of nitrogens with zero attached hydrogens (tertiary/aromatic N) is 4. The van der Waals surface area contributed by atoms with Crippen LogP contribution >= 0.6 is 0 Å². The van der Waals surface area contributed by atoms with Crippen LogP contribution in [0.4, 0.5) is 5.95 Å². The Morgan fingerprint density at radius 2 is 1.30 bits per heavy atom. The second-order valence-corrected chi connectivity index (χ2v) is 6.88. The second-order valence-electron chi connectivity index (χ2n) is 6.88. The third-order valence-corrected chi connectivity index (χ3v) is 4.89. The van der Waals surface area contributed by atoms with Crippen molar-refractivity contribution in [3.8, 4) is 39.8 Å². The average Bonchev–Trinajstić information content (AvgIpc) is 2.89. The molecule has 0 fully saturated rings. The fourth-order valence-corrected chi connectivity index (χ4v) is 3.28. The van der Waals surface area contributed by atoms with Crippen molar-refractivity contribution in [3.63, 3.8) is 0 Å². The van der Waals surface area contributed by atoms with Gasteiger partial charge < -0.3 is 14.2 Å². The van der Waals surface area contributed by atoms with Gasteiger partial charge in [0.05, 0.1) is 33.1 Å². The van der Waals surface area contributed by atoms with Crippen LogP contribution in [0.5, 0.6) is 17.2 Å². The molecule has 3 aromatic carbocycles. The first-order chi connectivity index (χ1) is 16.2. The predicted molar refractivity (Wildman–Crippen MR) is 128 cm³/mol. The van der Waals surface area contributed by atoms with Gasteiger partial charge in [0.25, 0.3) is 5.95 Å². The van der Waals surface area contributed by atoms with Gasteiger partial charge in [-0.15, -0.1) is 10.2 Å². The molecule has 4 rings (SSSR count). The van der Waals surface area contributed by atoms with E-state index in [0.717, 1.165) is 11.1 Å². The summed E-state index contributed by atoms with van der Waals surface area (Å²) in [5.41, 5.74) is 6.75. The van der Waals surface area contributed by atoms with E-state index in [1.165, 1.54) is 0 Å². The lowest BCUT2D eigenvalue weighted by molar-refractivity contribution is 0.374. The van der Waals surface area contributed by atoms with Crippen LogP contribution < -0.4 is 19.6 Å².